The van der Waals surface area contributed by atoms with Crippen LogP contribution in [0.15, 0.2) is 0 Å². The van der Waals surface area contributed by atoms with Crippen molar-refractivity contribution in [1.82, 2.24) is 25.3 Å². The van der Waals surface area contributed by atoms with E-state index in [1.165, 1.54) is 21.1 Å². The Morgan fingerprint density at radius 2 is 0.639 bits per heavy atom. The molecule has 0 aromatic carbocycles. The second-order valence-corrected chi connectivity index (χ2v) is 66.1. The third-order valence-electron chi connectivity index (χ3n) is 38.0. The Morgan fingerprint density at radius 1 is 0.368 bits per heavy atom. The van der Waals surface area contributed by atoms with Gasteiger partial charge in [-0.2, -0.15) is 76.9 Å². The number of alkyl halides is 15. The zero-order chi connectivity index (χ0) is 108. The SMILES string of the molecule is CC(C)(C)OC(=O)N1[C@@H]2C[C@@H]2C[C@H]1C(=O)C[C@H](C(=O)O)C12CC(C(F)(F)F)(C1)C2.CC(C)(C)OC(=O)N1[C@@H]2C[C@@H]2C[C@H]1C(=O)C[C@H](CO)C12CC(C(F)(F)F)(C1)C2.CC(C)(C)OC(=O)N1[C@@H]2C[C@@H]2C[C@H]1C(=O)O.CC(C)(C)[Si](C)(C)Cl.CC(C)(C)[Si](C)(C)OC[C@@H](CC(=O)[C@@H]1C[C@H]2C[C@H]2N1)C12CC(C(F)(F)F)(C1)C2.N[C@H](C(=O)O)C12CC(C(F)(F)F)(C1)C2.O=C(C[C@H](CO)C12CC(C(F)(F)F)(C1)C2)[C@@H]1C[C@H]2C[C@H]2N1. The van der Waals surface area contributed by atoms with E-state index in [2.05, 4.69) is 78.4 Å². The number of aliphatic hydroxyl groups is 2. The summed E-state index contributed by atoms with van der Waals surface area (Å²) in [6, 6.07) is -2.37. The number of ether oxygens (including phenoxy) is 3. The number of carbonyl (C=O) groups is 10. The number of carboxylic acid groups (broad SMARTS) is 3. The molecule has 25 fully saturated rings. The van der Waals surface area contributed by atoms with Gasteiger partial charge in [-0.25, -0.2) is 19.2 Å². The van der Waals surface area contributed by atoms with Crippen LogP contribution in [0.4, 0.5) is 80.2 Å². The van der Waals surface area contributed by atoms with Crippen molar-refractivity contribution in [3.8, 4) is 0 Å². The number of ketones is 4. The molecule has 5 aliphatic heterocycles. The molecular weight excluding hydrogens is 1980 g/mol. The second kappa shape index (κ2) is 36.8. The minimum absolute atomic E-state index is 0.00764. The number of hydrogen-bond donors (Lipinski definition) is 8. The summed E-state index contributed by atoms with van der Waals surface area (Å²) in [6.45, 7) is 37.5. The molecule has 0 unspecified atom stereocenters. The zero-order valence-electron chi connectivity index (χ0n) is 86.1. The van der Waals surface area contributed by atoms with Gasteiger partial charge in [0.15, 0.2) is 27.3 Å². The van der Waals surface area contributed by atoms with Gasteiger partial charge in [-0.3, -0.25) is 43.5 Å². The van der Waals surface area contributed by atoms with E-state index in [1.54, 1.807) is 62.3 Å². The molecule has 43 heteroatoms. The third kappa shape index (κ3) is 21.6. The first kappa shape index (κ1) is 114. The molecule has 144 heavy (non-hydrogen) atoms. The minimum atomic E-state index is -4.33. The van der Waals surface area contributed by atoms with Crippen LogP contribution in [0.3, 0.4) is 0 Å². The van der Waals surface area contributed by atoms with Gasteiger partial charge in [0, 0.05) is 75.7 Å². The first-order valence-corrected chi connectivity index (χ1v) is 58.1. The molecule has 5 saturated heterocycles. The van der Waals surface area contributed by atoms with E-state index in [9.17, 15) is 129 Å². The molecule has 20 aliphatic carbocycles. The van der Waals surface area contributed by atoms with Gasteiger partial charge in [-0.05, 0) is 320 Å². The maximum atomic E-state index is 13.3. The Balaban J connectivity index is 0.000000137. The van der Waals surface area contributed by atoms with E-state index in [4.69, 9.17) is 45.7 Å². The first-order valence-electron chi connectivity index (χ1n) is 51.2. The van der Waals surface area contributed by atoms with Gasteiger partial charge in [0.1, 0.15) is 40.5 Å². The van der Waals surface area contributed by atoms with Crippen LogP contribution in [-0.4, -0.2) is 249 Å². The normalized spacial score (nSPS) is 38.8. The van der Waals surface area contributed by atoms with Crippen molar-refractivity contribution < 1.29 is 158 Å². The molecule has 3 amide bonds. The molecule has 0 spiro atoms. The molecule has 0 radical (unpaired) electrons. The van der Waals surface area contributed by atoms with Gasteiger partial charge < -0.3 is 60.5 Å². The zero-order valence-corrected chi connectivity index (χ0v) is 88.8. The lowest BCUT2D eigenvalue weighted by Gasteiger charge is -2.73. The number of aliphatic carboxylic acids is 3. The first-order chi connectivity index (χ1) is 65.2. The summed E-state index contributed by atoms with van der Waals surface area (Å²) >= 11 is 6.15. The number of carbonyl (C=O) groups excluding carboxylic acids is 7. The van der Waals surface area contributed by atoms with E-state index in [0.717, 1.165) is 38.5 Å². The number of rotatable bonds is 25. The summed E-state index contributed by atoms with van der Waals surface area (Å²) in [6.07, 6.45) is -14.2. The molecule has 20 saturated carbocycles. The number of nitrogens with zero attached hydrogens (tertiary/aromatic N) is 3. The monoisotopic (exact) mass is 2130 g/mol. The summed E-state index contributed by atoms with van der Waals surface area (Å²) in [5, 5.41) is 53.6. The van der Waals surface area contributed by atoms with Crippen LogP contribution in [0.1, 0.15) is 290 Å². The predicted octanol–water partition coefficient (Wildman–Crippen LogP) is 20.4. The highest BCUT2D eigenvalue weighted by Crippen LogP contribution is 2.85. The van der Waals surface area contributed by atoms with Crippen LogP contribution in [-0.2, 0) is 52.2 Å². The Bertz CT molecular complexity index is 4820. The number of hydrogen-bond acceptors (Lipinski definition) is 19. The smallest absolute Gasteiger partial charge is 0.411 e. The lowest BCUT2D eigenvalue weighted by Crippen LogP contribution is -2.74. The van der Waals surface area contributed by atoms with E-state index in [1.807, 2.05) is 0 Å². The molecular formula is C101H150ClF15N6O19Si2. The second-order valence-electron chi connectivity index (χ2n) is 54.1. The number of amides is 3. The van der Waals surface area contributed by atoms with E-state index in [-0.39, 0.29) is 210 Å². The quantitative estimate of drug-likeness (QED) is 0.0182. The molecule has 9 N–H and O–H groups in total. The maximum absolute atomic E-state index is 13.3. The average molecular weight is 2130 g/mol. The summed E-state index contributed by atoms with van der Waals surface area (Å²) in [5.41, 5.74) is -7.64. The Morgan fingerprint density at radius 3 is 0.896 bits per heavy atom. The molecule has 20 atom stereocenters. The predicted molar refractivity (Wildman–Crippen MR) is 500 cm³/mol. The van der Waals surface area contributed by atoms with Gasteiger partial charge in [-0.1, -0.05) is 54.6 Å². The number of Topliss-reactive ketones (excluding diaryl/α,β-unsaturated/α-hetero) is 4. The van der Waals surface area contributed by atoms with Crippen LogP contribution in [0.25, 0.3) is 0 Å². The van der Waals surface area contributed by atoms with Crippen molar-refractivity contribution in [2.75, 3.05) is 19.8 Å². The van der Waals surface area contributed by atoms with Gasteiger partial charge >= 0.3 is 67.1 Å². The van der Waals surface area contributed by atoms with Gasteiger partial charge in [0.2, 0.25) is 0 Å². The number of halogens is 16. The summed E-state index contributed by atoms with van der Waals surface area (Å²) < 4.78 is 217. The van der Waals surface area contributed by atoms with Crippen molar-refractivity contribution in [1.29, 1.82) is 0 Å². The Hall–Kier alpha value is -5.67. The van der Waals surface area contributed by atoms with Crippen molar-refractivity contribution in [3.05, 3.63) is 0 Å². The van der Waals surface area contributed by atoms with Crippen LogP contribution in [0, 0.1) is 107 Å². The van der Waals surface area contributed by atoms with Crippen molar-refractivity contribution in [2.24, 2.45) is 113 Å². The largest absolute Gasteiger partial charge is 0.481 e. The van der Waals surface area contributed by atoms with E-state index >= 15 is 0 Å². The fourth-order valence-electron chi connectivity index (χ4n) is 27.1. The fourth-order valence-corrected chi connectivity index (χ4v) is 28.2. The number of piperidine rings is 5. The highest BCUT2D eigenvalue weighted by molar-refractivity contribution is 7.20. The number of likely N-dealkylation sites (tertiary alicyclic amines) is 3. The molecule has 818 valence electrons. The van der Waals surface area contributed by atoms with Crippen LogP contribution < -0.4 is 16.4 Å². The summed E-state index contributed by atoms with van der Waals surface area (Å²) in [7, 11) is -3.40. The summed E-state index contributed by atoms with van der Waals surface area (Å²) in [5.74, 6) is -3.52. The van der Waals surface area contributed by atoms with Gasteiger partial charge in [0.05, 0.1) is 57.2 Å². The highest BCUT2D eigenvalue weighted by Gasteiger charge is 2.85. The molecule has 10 bridgehead atoms. The van der Waals surface area contributed by atoms with Gasteiger partial charge in [0.25, 0.3) is 0 Å². The van der Waals surface area contributed by atoms with Crippen LogP contribution in [0.2, 0.25) is 36.3 Å². The Labute approximate surface area is 838 Å². The lowest BCUT2D eigenvalue weighted by atomic mass is 9.31. The summed E-state index contributed by atoms with van der Waals surface area (Å²) in [4.78, 5) is 126. The van der Waals surface area contributed by atoms with Crippen molar-refractivity contribution in [3.63, 3.8) is 0 Å². The standard InChI is InChI=1S/C21H34F3NO2Si.C20H26F3NO5.C20H28F3NO4.C15H20F3NO2.C11H17NO4.C8H10F3NO2.C6H15ClSi/c1-18(2,3)28(4,5)27-9-14(8-17(26)16-7-13-6-15(13)25-16)19-10-20(11-19,12-19)21(22,23)24;1-17(2,3)29-16(28)24-12-4-10(12)5-13(24)14(25)6-11(15(26)27)18-7-19(8-18,9-18)20(21,22)23;1-17(2,3)28-16(27)24-13-4-11(13)5-14(24)15(26)6-12(7-25)18-8-19(9-18,10-18)20(21,22)23;16-15(17,18)14-5-13(6-14,7-14)9(4-20)3-12(21)11-2-8-1-10(8)19-11;1-11(2,3)16-10(15)12-7-4-6(7)5-8(12)9(13)14;9-8(10,11)7-1-6(2-7,3-7)4(12)5(13)14;1-6(2,3)8(4,5)7/h13-16,25H,6-12H2,1-5H3;10-13H,4-9H2,1-3H3,(H,26,27);11-14,25H,4-10H2,1-3H3;8-11,19-20H,1-7H2;6-8H,4-5H2,1-3H3,(H,13,14);4H,1-3,12H2,(H,13,14);1-5H3/t13-,14-,15-,16+,19?,20?;10-,11-,12-,13+,18?,19?;11-,12-,13-,14+,18?,19?;8-,9-,10-,11+,13?,14?;6-,7-,8+;4-,6?,7?;/m111111./s1. The number of carboxylic acids is 3. The number of fused-ring (bicyclic) bond motifs is 5. The molecule has 25 rings (SSSR count). The topological polar surface area (TPSA) is 369 Å². The van der Waals surface area contributed by atoms with E-state index < -0.39 is 184 Å². The van der Waals surface area contributed by atoms with Crippen LogP contribution >= 0.6 is 11.1 Å². The van der Waals surface area contributed by atoms with E-state index in [0.29, 0.717) is 73.1 Å². The average Bonchev–Trinajstić information content (AvgIpc) is 0.761. The number of nitrogens with one attached hydrogen (secondary N) is 2. The minimum Gasteiger partial charge on any atom is -0.481 e. The molecule has 0 aromatic heterocycles. The Kier molecular flexibility index (Phi) is 29.1. The molecule has 25 nitrogen and oxygen atoms in total. The fraction of sp³-hybridized carbons (Fsp3) is 0.901. The maximum Gasteiger partial charge on any atom is 0.411 e. The van der Waals surface area contributed by atoms with Crippen molar-refractivity contribution >= 4 is 86.1 Å². The number of aliphatic hydroxyl groups excluding tert-OH is 2. The lowest BCUT2D eigenvalue weighted by molar-refractivity contribution is -0.377. The van der Waals surface area contributed by atoms with Gasteiger partial charge in [-0.15, -0.1) is 0 Å². The number of nitrogens with two attached hydrogens (primary N) is 1. The molecule has 5 heterocycles. The van der Waals surface area contributed by atoms with Crippen molar-refractivity contribution in [2.45, 2.75) is 440 Å². The van der Waals surface area contributed by atoms with Crippen LogP contribution in [0.5, 0.6) is 0 Å². The molecule has 0 aromatic rings. The highest BCUT2D eigenvalue weighted by atomic mass is 35.6. The molecule has 25 aliphatic rings. The third-order valence-corrected chi connectivity index (χ3v) is 47.8.